The fraction of sp³-hybridized carbons (Fsp3) is 0.538. The van der Waals surface area contributed by atoms with E-state index in [1.54, 1.807) is 13.2 Å². The van der Waals surface area contributed by atoms with Crippen LogP contribution in [0.25, 0.3) is 0 Å². The molecule has 0 radical (unpaired) electrons. The lowest BCUT2D eigenvalue weighted by Gasteiger charge is -2.18. The number of aliphatic hydroxyl groups is 1. The third-order valence-electron chi connectivity index (χ3n) is 3.06. The van der Waals surface area contributed by atoms with Gasteiger partial charge in [-0.05, 0) is 36.0 Å². The topological polar surface area (TPSA) is 49.7 Å². The monoisotopic (exact) mass is 224 g/mol. The van der Waals surface area contributed by atoms with Crippen LogP contribution >= 0.6 is 0 Å². The smallest absolute Gasteiger partial charge is 0.160 e. The highest BCUT2D eigenvalue weighted by molar-refractivity contribution is 5.41. The van der Waals surface area contributed by atoms with Gasteiger partial charge in [-0.1, -0.05) is 19.9 Å². The summed E-state index contributed by atoms with van der Waals surface area (Å²) in [6, 6.07) is 5.37. The molecular weight excluding hydrogens is 204 g/mol. The van der Waals surface area contributed by atoms with Gasteiger partial charge in [0.2, 0.25) is 0 Å². The molecule has 3 nitrogen and oxygen atoms in total. The molecule has 0 aromatic heterocycles. The van der Waals surface area contributed by atoms with Gasteiger partial charge in [-0.15, -0.1) is 0 Å². The van der Waals surface area contributed by atoms with E-state index in [4.69, 9.17) is 9.84 Å². The Morgan fingerprint density at radius 2 is 1.94 bits per heavy atom. The molecule has 1 rings (SSSR count). The van der Waals surface area contributed by atoms with E-state index in [-0.39, 0.29) is 18.3 Å². The van der Waals surface area contributed by atoms with Crippen LogP contribution in [0.4, 0.5) is 0 Å². The van der Waals surface area contributed by atoms with Gasteiger partial charge in [0.1, 0.15) is 0 Å². The number of phenols is 1. The predicted octanol–water partition coefficient (Wildman–Crippen LogP) is 2.21. The Kier molecular flexibility index (Phi) is 4.62. The van der Waals surface area contributed by atoms with Crippen molar-refractivity contribution in [3.63, 3.8) is 0 Å². The number of aliphatic hydroxyl groups excluding tert-OH is 1. The Labute approximate surface area is 96.7 Å². The number of rotatable bonds is 5. The molecule has 90 valence electrons. The van der Waals surface area contributed by atoms with Crippen molar-refractivity contribution in [2.24, 2.45) is 11.8 Å². The average Bonchev–Trinajstić information content (AvgIpc) is 2.30. The maximum Gasteiger partial charge on any atom is 0.160 e. The van der Waals surface area contributed by atoms with Crippen LogP contribution in [-0.4, -0.2) is 23.9 Å². The maximum absolute atomic E-state index is 9.46. The normalized spacial score (nSPS) is 14.5. The van der Waals surface area contributed by atoms with Crippen molar-refractivity contribution in [3.05, 3.63) is 23.8 Å². The molecule has 0 saturated carbocycles. The SMILES string of the molecule is COc1cc(C[C@@H](C)[C@@H](C)CO)ccc1O. The van der Waals surface area contributed by atoms with E-state index >= 15 is 0 Å². The van der Waals surface area contributed by atoms with Crippen LogP contribution in [0.2, 0.25) is 0 Å². The number of phenolic OH excluding ortho intramolecular Hbond substituents is 1. The van der Waals surface area contributed by atoms with Crippen LogP contribution in [0.3, 0.4) is 0 Å². The number of hydrogen-bond acceptors (Lipinski definition) is 3. The Bertz CT molecular complexity index is 336. The molecule has 0 aliphatic rings. The van der Waals surface area contributed by atoms with Crippen molar-refractivity contribution < 1.29 is 14.9 Å². The van der Waals surface area contributed by atoms with E-state index < -0.39 is 0 Å². The first-order valence-corrected chi connectivity index (χ1v) is 5.55. The van der Waals surface area contributed by atoms with Gasteiger partial charge in [0.25, 0.3) is 0 Å². The molecule has 0 spiro atoms. The molecule has 2 N–H and O–H groups in total. The third-order valence-corrected chi connectivity index (χ3v) is 3.06. The molecule has 0 fully saturated rings. The minimum absolute atomic E-state index is 0.161. The zero-order chi connectivity index (χ0) is 12.1. The summed E-state index contributed by atoms with van der Waals surface area (Å²) < 4.78 is 5.05. The van der Waals surface area contributed by atoms with Gasteiger partial charge in [0.15, 0.2) is 11.5 Å². The summed E-state index contributed by atoms with van der Waals surface area (Å²) in [5.41, 5.74) is 1.11. The summed E-state index contributed by atoms with van der Waals surface area (Å²) in [5.74, 6) is 1.34. The average molecular weight is 224 g/mol. The van der Waals surface area contributed by atoms with Crippen LogP contribution in [0.5, 0.6) is 11.5 Å². The summed E-state index contributed by atoms with van der Waals surface area (Å²) in [6.45, 7) is 4.35. The molecule has 3 heteroatoms. The molecule has 0 unspecified atom stereocenters. The molecule has 0 amide bonds. The van der Waals surface area contributed by atoms with Crippen molar-refractivity contribution in [2.45, 2.75) is 20.3 Å². The van der Waals surface area contributed by atoms with Crippen molar-refractivity contribution in [3.8, 4) is 11.5 Å². The molecule has 0 saturated heterocycles. The predicted molar refractivity (Wildman–Crippen MR) is 63.8 cm³/mol. The van der Waals surface area contributed by atoms with Gasteiger partial charge >= 0.3 is 0 Å². The van der Waals surface area contributed by atoms with Crippen LogP contribution in [0.15, 0.2) is 18.2 Å². The first kappa shape index (κ1) is 12.8. The van der Waals surface area contributed by atoms with Gasteiger partial charge in [-0.25, -0.2) is 0 Å². The Hall–Kier alpha value is -1.22. The van der Waals surface area contributed by atoms with E-state index in [0.717, 1.165) is 12.0 Å². The second-order valence-electron chi connectivity index (χ2n) is 4.35. The van der Waals surface area contributed by atoms with Gasteiger partial charge in [-0.3, -0.25) is 0 Å². The van der Waals surface area contributed by atoms with Gasteiger partial charge in [0.05, 0.1) is 7.11 Å². The van der Waals surface area contributed by atoms with Crippen LogP contribution in [0.1, 0.15) is 19.4 Å². The quantitative estimate of drug-likeness (QED) is 0.806. The van der Waals surface area contributed by atoms with Crippen LogP contribution in [0, 0.1) is 11.8 Å². The number of hydrogen-bond donors (Lipinski definition) is 2. The summed E-state index contributed by atoms with van der Waals surface area (Å²) in [7, 11) is 1.54. The van der Waals surface area contributed by atoms with Crippen LogP contribution in [-0.2, 0) is 6.42 Å². The summed E-state index contributed by atoms with van der Waals surface area (Å²) in [4.78, 5) is 0. The molecule has 0 bridgehead atoms. The lowest BCUT2D eigenvalue weighted by atomic mass is 9.90. The Morgan fingerprint density at radius 1 is 1.25 bits per heavy atom. The van der Waals surface area contributed by atoms with E-state index in [1.165, 1.54) is 0 Å². The number of methoxy groups -OCH3 is 1. The van der Waals surface area contributed by atoms with E-state index in [9.17, 15) is 5.11 Å². The highest BCUT2D eigenvalue weighted by Gasteiger charge is 2.12. The zero-order valence-electron chi connectivity index (χ0n) is 10.1. The number of ether oxygens (including phenoxy) is 1. The molecule has 0 heterocycles. The van der Waals surface area contributed by atoms with Crippen molar-refractivity contribution in [2.75, 3.05) is 13.7 Å². The number of benzene rings is 1. The maximum atomic E-state index is 9.46. The lowest BCUT2D eigenvalue weighted by Crippen LogP contribution is -2.14. The van der Waals surface area contributed by atoms with E-state index in [2.05, 4.69) is 6.92 Å². The highest BCUT2D eigenvalue weighted by Crippen LogP contribution is 2.28. The number of aromatic hydroxyl groups is 1. The largest absolute Gasteiger partial charge is 0.504 e. The van der Waals surface area contributed by atoms with Crippen molar-refractivity contribution in [1.82, 2.24) is 0 Å². The fourth-order valence-electron chi connectivity index (χ4n) is 1.60. The van der Waals surface area contributed by atoms with E-state index in [0.29, 0.717) is 11.7 Å². The lowest BCUT2D eigenvalue weighted by molar-refractivity contribution is 0.195. The van der Waals surface area contributed by atoms with Gasteiger partial charge in [0, 0.05) is 6.61 Å². The summed E-state index contributed by atoms with van der Waals surface area (Å²) in [5, 5.41) is 18.5. The summed E-state index contributed by atoms with van der Waals surface area (Å²) >= 11 is 0. The second-order valence-corrected chi connectivity index (χ2v) is 4.35. The minimum Gasteiger partial charge on any atom is -0.504 e. The fourth-order valence-corrected chi connectivity index (χ4v) is 1.60. The molecule has 0 aliphatic heterocycles. The summed E-state index contributed by atoms with van der Waals surface area (Å²) in [6.07, 6.45) is 0.873. The Morgan fingerprint density at radius 3 is 2.50 bits per heavy atom. The molecule has 1 aromatic rings. The van der Waals surface area contributed by atoms with E-state index in [1.807, 2.05) is 19.1 Å². The van der Waals surface area contributed by atoms with Crippen molar-refractivity contribution >= 4 is 0 Å². The molecule has 1 aromatic carbocycles. The third kappa shape index (κ3) is 3.14. The Balaban J connectivity index is 2.74. The molecular formula is C13H20O3. The first-order chi connectivity index (χ1) is 7.58. The zero-order valence-corrected chi connectivity index (χ0v) is 10.1. The molecule has 16 heavy (non-hydrogen) atoms. The molecule has 0 aliphatic carbocycles. The van der Waals surface area contributed by atoms with Crippen molar-refractivity contribution in [1.29, 1.82) is 0 Å². The second kappa shape index (κ2) is 5.75. The van der Waals surface area contributed by atoms with Gasteiger partial charge < -0.3 is 14.9 Å². The van der Waals surface area contributed by atoms with Gasteiger partial charge in [-0.2, -0.15) is 0 Å². The van der Waals surface area contributed by atoms with Crippen LogP contribution < -0.4 is 4.74 Å². The highest BCUT2D eigenvalue weighted by atomic mass is 16.5. The standard InChI is InChI=1S/C13H20O3/c1-9(10(2)8-14)6-11-4-5-12(15)13(7-11)16-3/h4-5,7,9-10,14-15H,6,8H2,1-3H3/t9-,10+/m1/s1. The molecule has 2 atom stereocenters. The first-order valence-electron chi connectivity index (χ1n) is 5.55. The minimum atomic E-state index is 0.161.